The number of ether oxygens (including phenoxy) is 1. The third-order valence-corrected chi connectivity index (χ3v) is 2.63. The van der Waals surface area contributed by atoms with Crippen molar-refractivity contribution in [2.24, 2.45) is 5.92 Å². The second-order valence-corrected chi connectivity index (χ2v) is 5.29. The largest absolute Gasteiger partial charge is 0.444 e. The monoisotopic (exact) mass is 236 g/mol. The average Bonchev–Trinajstić information content (AvgIpc) is 2.24. The molecule has 1 fully saturated rings. The summed E-state index contributed by atoms with van der Waals surface area (Å²) in [5, 5.41) is 8.44. The van der Waals surface area contributed by atoms with Gasteiger partial charge in [0.1, 0.15) is 5.60 Å². The predicted molar refractivity (Wildman–Crippen MR) is 65.3 cm³/mol. The fraction of sp³-hybridized carbons (Fsp3) is 0.692. The van der Waals surface area contributed by atoms with Gasteiger partial charge in [-0.1, -0.05) is 6.08 Å². The highest BCUT2D eigenvalue weighted by Crippen LogP contribution is 2.20. The number of hydrogen-bond acceptors (Lipinski definition) is 3. The summed E-state index contributed by atoms with van der Waals surface area (Å²) in [4.78, 5) is 13.5. The molecular formula is C13H20N2O2. The molecule has 0 aromatic rings. The number of nitriles is 1. The third-order valence-electron chi connectivity index (χ3n) is 2.63. The molecule has 1 aliphatic rings. The molecule has 0 radical (unpaired) electrons. The molecule has 0 unspecified atom stereocenters. The van der Waals surface area contributed by atoms with Gasteiger partial charge in [-0.3, -0.25) is 0 Å². The van der Waals surface area contributed by atoms with E-state index in [1.54, 1.807) is 4.90 Å². The highest BCUT2D eigenvalue weighted by Gasteiger charge is 2.25. The lowest BCUT2D eigenvalue weighted by Crippen LogP contribution is -2.41. The molecule has 1 amide bonds. The van der Waals surface area contributed by atoms with Crippen molar-refractivity contribution in [1.82, 2.24) is 4.90 Å². The summed E-state index contributed by atoms with van der Waals surface area (Å²) >= 11 is 0. The van der Waals surface area contributed by atoms with E-state index in [0.29, 0.717) is 19.0 Å². The highest BCUT2D eigenvalue weighted by atomic mass is 16.6. The molecule has 1 heterocycles. The van der Waals surface area contributed by atoms with Crippen LogP contribution in [0.5, 0.6) is 0 Å². The molecule has 0 bridgehead atoms. The van der Waals surface area contributed by atoms with Gasteiger partial charge in [-0.2, -0.15) is 5.26 Å². The van der Waals surface area contributed by atoms with Crippen LogP contribution >= 0.6 is 0 Å². The van der Waals surface area contributed by atoms with Gasteiger partial charge in [0.05, 0.1) is 6.07 Å². The maximum Gasteiger partial charge on any atom is 0.410 e. The van der Waals surface area contributed by atoms with E-state index in [2.05, 4.69) is 0 Å². The van der Waals surface area contributed by atoms with Crippen molar-refractivity contribution in [2.45, 2.75) is 39.2 Å². The number of likely N-dealkylation sites (tertiary alicyclic amines) is 1. The molecule has 0 saturated carbocycles. The first-order valence-electron chi connectivity index (χ1n) is 5.96. The van der Waals surface area contributed by atoms with Gasteiger partial charge in [-0.25, -0.2) is 4.79 Å². The molecule has 0 atom stereocenters. The molecule has 0 aromatic carbocycles. The predicted octanol–water partition coefficient (Wildman–Crippen LogP) is 2.71. The Morgan fingerprint density at radius 2 is 2.00 bits per heavy atom. The number of nitrogens with zero attached hydrogens (tertiary/aromatic N) is 2. The molecule has 1 aliphatic heterocycles. The number of allylic oxidation sites excluding steroid dienone is 2. The average molecular weight is 236 g/mol. The number of rotatable bonds is 1. The maximum absolute atomic E-state index is 11.8. The standard InChI is InChI=1S/C13H20N2O2/c1-13(2,3)17-12(16)15-9-6-11(7-10-15)5-4-8-14/h4-5,11H,6-7,9-10H2,1-3H3/b5-4-. The lowest BCUT2D eigenvalue weighted by molar-refractivity contribution is 0.0197. The zero-order chi connectivity index (χ0) is 12.9. The number of hydrogen-bond donors (Lipinski definition) is 0. The van der Waals surface area contributed by atoms with E-state index in [0.717, 1.165) is 12.8 Å². The number of carbonyl (C=O) groups excluding carboxylic acids is 1. The summed E-state index contributed by atoms with van der Waals surface area (Å²) < 4.78 is 5.31. The molecule has 4 nitrogen and oxygen atoms in total. The quantitative estimate of drug-likeness (QED) is 0.658. The zero-order valence-electron chi connectivity index (χ0n) is 10.8. The summed E-state index contributed by atoms with van der Waals surface area (Å²) in [5.74, 6) is 0.410. The van der Waals surface area contributed by atoms with Crippen molar-refractivity contribution in [1.29, 1.82) is 5.26 Å². The Balaban J connectivity index is 2.39. The molecule has 0 aliphatic carbocycles. The Bertz CT molecular complexity index is 328. The molecule has 0 spiro atoms. The van der Waals surface area contributed by atoms with Crippen LogP contribution in [0.2, 0.25) is 0 Å². The first-order valence-corrected chi connectivity index (χ1v) is 5.96. The summed E-state index contributed by atoms with van der Waals surface area (Å²) in [7, 11) is 0. The summed E-state index contributed by atoms with van der Waals surface area (Å²) in [5.41, 5.74) is -0.436. The van der Waals surface area contributed by atoms with Crippen molar-refractivity contribution in [2.75, 3.05) is 13.1 Å². The summed E-state index contributed by atoms with van der Waals surface area (Å²) in [6.07, 6.45) is 5.01. The lowest BCUT2D eigenvalue weighted by atomic mass is 9.97. The van der Waals surface area contributed by atoms with Crippen LogP contribution in [0.15, 0.2) is 12.2 Å². The van der Waals surface area contributed by atoms with Crippen molar-refractivity contribution >= 4 is 6.09 Å². The van der Waals surface area contributed by atoms with Gasteiger partial charge in [-0.05, 0) is 39.5 Å². The lowest BCUT2D eigenvalue weighted by Gasteiger charge is -2.32. The number of piperidine rings is 1. The third kappa shape index (κ3) is 4.90. The van der Waals surface area contributed by atoms with E-state index < -0.39 is 5.60 Å². The van der Waals surface area contributed by atoms with Crippen LogP contribution in [0.3, 0.4) is 0 Å². The Hall–Kier alpha value is -1.50. The minimum atomic E-state index is -0.436. The van der Waals surface area contributed by atoms with Crippen LogP contribution in [-0.4, -0.2) is 29.7 Å². The maximum atomic E-state index is 11.8. The fourth-order valence-electron chi connectivity index (χ4n) is 1.78. The van der Waals surface area contributed by atoms with E-state index in [-0.39, 0.29) is 6.09 Å². The Labute approximate surface area is 103 Å². The van der Waals surface area contributed by atoms with Crippen molar-refractivity contribution < 1.29 is 9.53 Å². The fourth-order valence-corrected chi connectivity index (χ4v) is 1.78. The molecule has 0 aromatic heterocycles. The normalized spacial score (nSPS) is 18.1. The van der Waals surface area contributed by atoms with E-state index in [9.17, 15) is 4.79 Å². The van der Waals surface area contributed by atoms with Gasteiger partial charge >= 0.3 is 6.09 Å². The van der Waals surface area contributed by atoms with Gasteiger partial charge in [0.25, 0.3) is 0 Å². The molecule has 0 N–H and O–H groups in total. The SMILES string of the molecule is CC(C)(C)OC(=O)N1CCC(/C=C\C#N)CC1. The van der Waals surface area contributed by atoms with Crippen LogP contribution < -0.4 is 0 Å². The Morgan fingerprint density at radius 3 is 2.47 bits per heavy atom. The van der Waals surface area contributed by atoms with Gasteiger partial charge in [0.2, 0.25) is 0 Å². The van der Waals surface area contributed by atoms with Crippen LogP contribution in [0.4, 0.5) is 4.79 Å². The van der Waals surface area contributed by atoms with Crippen molar-refractivity contribution in [3.63, 3.8) is 0 Å². The van der Waals surface area contributed by atoms with E-state index in [1.807, 2.05) is 32.9 Å². The van der Waals surface area contributed by atoms with Crippen LogP contribution in [0.1, 0.15) is 33.6 Å². The first kappa shape index (κ1) is 13.6. The van der Waals surface area contributed by atoms with Crippen molar-refractivity contribution in [3.05, 3.63) is 12.2 Å². The first-order chi connectivity index (χ1) is 7.92. The summed E-state index contributed by atoms with van der Waals surface area (Å²) in [6, 6.07) is 1.99. The minimum absolute atomic E-state index is 0.236. The molecule has 17 heavy (non-hydrogen) atoms. The van der Waals surface area contributed by atoms with Gasteiger partial charge < -0.3 is 9.64 Å². The molecule has 94 valence electrons. The molecule has 1 saturated heterocycles. The van der Waals surface area contributed by atoms with E-state index in [1.165, 1.54) is 6.08 Å². The molecule has 4 heteroatoms. The zero-order valence-corrected chi connectivity index (χ0v) is 10.8. The molecule has 1 rings (SSSR count). The smallest absolute Gasteiger partial charge is 0.410 e. The second-order valence-electron chi connectivity index (χ2n) is 5.29. The van der Waals surface area contributed by atoms with Crippen molar-refractivity contribution in [3.8, 4) is 6.07 Å². The Kier molecular flexibility index (Phi) is 4.56. The van der Waals surface area contributed by atoms with Gasteiger partial charge in [0, 0.05) is 19.2 Å². The van der Waals surface area contributed by atoms with E-state index >= 15 is 0 Å². The Morgan fingerprint density at radius 1 is 1.41 bits per heavy atom. The van der Waals surface area contributed by atoms with Crippen LogP contribution in [0, 0.1) is 17.2 Å². The highest BCUT2D eigenvalue weighted by molar-refractivity contribution is 5.68. The van der Waals surface area contributed by atoms with Gasteiger partial charge in [-0.15, -0.1) is 0 Å². The molecular weight excluding hydrogens is 216 g/mol. The van der Waals surface area contributed by atoms with E-state index in [4.69, 9.17) is 10.00 Å². The van der Waals surface area contributed by atoms with Crippen LogP contribution in [-0.2, 0) is 4.74 Å². The van der Waals surface area contributed by atoms with Crippen LogP contribution in [0.25, 0.3) is 0 Å². The second kappa shape index (κ2) is 5.72. The van der Waals surface area contributed by atoms with Gasteiger partial charge in [0.15, 0.2) is 0 Å². The topological polar surface area (TPSA) is 53.3 Å². The number of amides is 1. The number of carbonyl (C=O) groups is 1. The summed E-state index contributed by atoms with van der Waals surface area (Å²) in [6.45, 7) is 7.01. The minimum Gasteiger partial charge on any atom is -0.444 e.